The highest BCUT2D eigenvalue weighted by molar-refractivity contribution is 5.94. The second-order valence-corrected chi connectivity index (χ2v) is 5.10. The van der Waals surface area contributed by atoms with Gasteiger partial charge in [0.15, 0.2) is 0 Å². The van der Waals surface area contributed by atoms with E-state index in [9.17, 15) is 4.79 Å². The molecule has 21 heavy (non-hydrogen) atoms. The number of benzene rings is 1. The molecule has 0 atom stereocenters. The molecule has 0 saturated heterocycles. The minimum absolute atomic E-state index is 0.0620. The first kappa shape index (κ1) is 13.4. The molecule has 2 N–H and O–H groups in total. The fraction of sp³-hybridized carbons (Fsp3) is 0.176. The van der Waals surface area contributed by atoms with Gasteiger partial charge in [0.05, 0.1) is 0 Å². The lowest BCUT2D eigenvalue weighted by atomic mass is 10.1. The van der Waals surface area contributed by atoms with Gasteiger partial charge in [-0.05, 0) is 42.7 Å². The highest BCUT2D eigenvalue weighted by Crippen LogP contribution is 2.19. The molecule has 2 heterocycles. The van der Waals surface area contributed by atoms with Crippen molar-refractivity contribution in [3.63, 3.8) is 0 Å². The molecule has 2 aromatic heterocycles. The zero-order valence-electron chi connectivity index (χ0n) is 11.9. The van der Waals surface area contributed by atoms with Gasteiger partial charge in [-0.3, -0.25) is 9.78 Å². The number of fused-ring (bicyclic) bond motifs is 1. The van der Waals surface area contributed by atoms with Crippen LogP contribution in [-0.4, -0.2) is 22.4 Å². The molecule has 0 aliphatic heterocycles. The largest absolute Gasteiger partial charge is 0.361 e. The molecule has 3 aromatic rings. The number of pyridine rings is 1. The van der Waals surface area contributed by atoms with Crippen molar-refractivity contribution in [3.05, 3.63) is 65.6 Å². The third-order valence-electron chi connectivity index (χ3n) is 3.55. The summed E-state index contributed by atoms with van der Waals surface area (Å²) in [4.78, 5) is 19.1. The Labute approximate surface area is 123 Å². The van der Waals surface area contributed by atoms with E-state index in [2.05, 4.69) is 40.4 Å². The zero-order chi connectivity index (χ0) is 14.7. The monoisotopic (exact) mass is 279 g/mol. The number of aromatic nitrogens is 2. The molecule has 106 valence electrons. The number of aromatic amines is 1. The van der Waals surface area contributed by atoms with Crippen molar-refractivity contribution in [2.75, 3.05) is 6.54 Å². The molecule has 3 rings (SSSR count). The molecule has 0 spiro atoms. The summed E-state index contributed by atoms with van der Waals surface area (Å²) in [7, 11) is 0. The molecule has 0 aliphatic rings. The number of H-pyrrole nitrogens is 1. The highest BCUT2D eigenvalue weighted by atomic mass is 16.1. The van der Waals surface area contributed by atoms with Crippen molar-refractivity contribution in [2.45, 2.75) is 13.3 Å². The molecule has 1 aromatic carbocycles. The van der Waals surface area contributed by atoms with E-state index in [4.69, 9.17) is 0 Å². The minimum atomic E-state index is -0.0620. The summed E-state index contributed by atoms with van der Waals surface area (Å²) in [5, 5.41) is 4.15. The molecule has 0 unspecified atom stereocenters. The van der Waals surface area contributed by atoms with Gasteiger partial charge in [-0.2, -0.15) is 0 Å². The van der Waals surface area contributed by atoms with Crippen molar-refractivity contribution in [1.29, 1.82) is 0 Å². The Bertz CT molecular complexity index is 762. The summed E-state index contributed by atoms with van der Waals surface area (Å²) in [6.45, 7) is 2.69. The van der Waals surface area contributed by atoms with Crippen LogP contribution in [0.4, 0.5) is 0 Å². The molecule has 0 bridgehead atoms. The number of amides is 1. The Morgan fingerprint density at radius 3 is 2.86 bits per heavy atom. The summed E-state index contributed by atoms with van der Waals surface area (Å²) in [5.74, 6) is -0.0620. The van der Waals surface area contributed by atoms with Crippen LogP contribution in [0.2, 0.25) is 0 Å². The van der Waals surface area contributed by atoms with Gasteiger partial charge in [-0.1, -0.05) is 12.1 Å². The van der Waals surface area contributed by atoms with Crippen LogP contribution in [0.5, 0.6) is 0 Å². The Morgan fingerprint density at radius 1 is 1.24 bits per heavy atom. The van der Waals surface area contributed by atoms with Crippen molar-refractivity contribution in [1.82, 2.24) is 15.3 Å². The molecule has 1 amide bonds. The van der Waals surface area contributed by atoms with E-state index < -0.39 is 0 Å². The predicted octanol–water partition coefficient (Wildman–Crippen LogP) is 2.84. The number of aryl methyl sites for hydroxylation is 1. The van der Waals surface area contributed by atoms with Gasteiger partial charge in [-0.15, -0.1) is 0 Å². The van der Waals surface area contributed by atoms with Gasteiger partial charge >= 0.3 is 0 Å². The van der Waals surface area contributed by atoms with E-state index in [1.54, 1.807) is 24.5 Å². The van der Waals surface area contributed by atoms with Gasteiger partial charge in [0.1, 0.15) is 0 Å². The molecular weight excluding hydrogens is 262 g/mol. The van der Waals surface area contributed by atoms with Crippen molar-refractivity contribution in [3.8, 4) is 0 Å². The van der Waals surface area contributed by atoms with E-state index in [-0.39, 0.29) is 5.91 Å². The van der Waals surface area contributed by atoms with E-state index >= 15 is 0 Å². The maximum Gasteiger partial charge on any atom is 0.251 e. The fourth-order valence-electron chi connectivity index (χ4n) is 2.42. The van der Waals surface area contributed by atoms with Crippen LogP contribution in [0.3, 0.4) is 0 Å². The van der Waals surface area contributed by atoms with Crippen LogP contribution in [-0.2, 0) is 6.42 Å². The first-order valence-corrected chi connectivity index (χ1v) is 6.99. The summed E-state index contributed by atoms with van der Waals surface area (Å²) < 4.78 is 0. The van der Waals surface area contributed by atoms with Crippen molar-refractivity contribution < 1.29 is 4.79 Å². The summed E-state index contributed by atoms with van der Waals surface area (Å²) in [6.07, 6.45) is 6.07. The van der Waals surface area contributed by atoms with Crippen LogP contribution in [0.25, 0.3) is 10.9 Å². The Kier molecular flexibility index (Phi) is 3.69. The lowest BCUT2D eigenvalue weighted by molar-refractivity contribution is 0.0954. The topological polar surface area (TPSA) is 57.8 Å². The SMILES string of the molecule is Cc1ccc2c(CCNC(=O)c3ccncc3)c[nH]c2c1. The highest BCUT2D eigenvalue weighted by Gasteiger charge is 2.06. The fourth-order valence-corrected chi connectivity index (χ4v) is 2.42. The van der Waals surface area contributed by atoms with Gasteiger partial charge < -0.3 is 10.3 Å². The van der Waals surface area contributed by atoms with E-state index in [0.717, 1.165) is 11.9 Å². The van der Waals surface area contributed by atoms with Gasteiger partial charge in [-0.25, -0.2) is 0 Å². The Morgan fingerprint density at radius 2 is 2.05 bits per heavy atom. The molecular formula is C17H17N3O. The molecule has 4 nitrogen and oxygen atoms in total. The lowest BCUT2D eigenvalue weighted by Gasteiger charge is -2.04. The number of carbonyl (C=O) groups excluding carboxylic acids is 1. The lowest BCUT2D eigenvalue weighted by Crippen LogP contribution is -2.25. The first-order valence-electron chi connectivity index (χ1n) is 6.99. The first-order chi connectivity index (χ1) is 10.2. The van der Waals surface area contributed by atoms with E-state index in [1.807, 2.05) is 6.20 Å². The maximum absolute atomic E-state index is 11.9. The average Bonchev–Trinajstić information content (AvgIpc) is 2.90. The van der Waals surface area contributed by atoms with Gasteiger partial charge in [0.2, 0.25) is 0 Å². The number of nitrogens with zero attached hydrogens (tertiary/aromatic N) is 1. The Balaban J connectivity index is 1.63. The smallest absolute Gasteiger partial charge is 0.251 e. The van der Waals surface area contributed by atoms with Crippen LogP contribution < -0.4 is 5.32 Å². The molecule has 0 fully saturated rings. The van der Waals surface area contributed by atoms with Crippen LogP contribution >= 0.6 is 0 Å². The number of rotatable bonds is 4. The molecule has 0 saturated carbocycles. The normalized spacial score (nSPS) is 10.7. The minimum Gasteiger partial charge on any atom is -0.361 e. The predicted molar refractivity (Wildman–Crippen MR) is 83.3 cm³/mol. The van der Waals surface area contributed by atoms with E-state index in [1.165, 1.54) is 16.5 Å². The van der Waals surface area contributed by atoms with Crippen LogP contribution in [0.1, 0.15) is 21.5 Å². The number of carbonyl (C=O) groups is 1. The third kappa shape index (κ3) is 2.94. The number of hydrogen-bond donors (Lipinski definition) is 2. The second kappa shape index (κ2) is 5.79. The summed E-state index contributed by atoms with van der Waals surface area (Å²) >= 11 is 0. The molecule has 0 aliphatic carbocycles. The maximum atomic E-state index is 11.9. The van der Waals surface area contributed by atoms with Gasteiger partial charge in [0.25, 0.3) is 5.91 Å². The Hall–Kier alpha value is -2.62. The molecule has 4 heteroatoms. The summed E-state index contributed by atoms with van der Waals surface area (Å²) in [5.41, 5.74) is 4.24. The third-order valence-corrected chi connectivity index (χ3v) is 3.55. The van der Waals surface area contributed by atoms with Crippen molar-refractivity contribution in [2.24, 2.45) is 0 Å². The zero-order valence-corrected chi connectivity index (χ0v) is 11.9. The number of hydrogen-bond acceptors (Lipinski definition) is 2. The second-order valence-electron chi connectivity index (χ2n) is 5.10. The summed E-state index contributed by atoms with van der Waals surface area (Å²) in [6, 6.07) is 9.79. The standard InChI is InChI=1S/C17H17N3O/c1-12-2-3-15-14(11-20-16(15)10-12)6-9-19-17(21)13-4-7-18-8-5-13/h2-5,7-8,10-11,20H,6,9H2,1H3,(H,19,21). The van der Waals surface area contributed by atoms with Crippen molar-refractivity contribution >= 4 is 16.8 Å². The van der Waals surface area contributed by atoms with E-state index in [0.29, 0.717) is 12.1 Å². The van der Waals surface area contributed by atoms with Gasteiger partial charge in [0, 0.05) is 41.6 Å². The molecule has 0 radical (unpaired) electrons. The van der Waals surface area contributed by atoms with Crippen LogP contribution in [0, 0.1) is 6.92 Å². The average molecular weight is 279 g/mol. The quantitative estimate of drug-likeness (QED) is 0.771. The van der Waals surface area contributed by atoms with Crippen LogP contribution in [0.15, 0.2) is 48.9 Å². The number of nitrogens with one attached hydrogen (secondary N) is 2.